The second-order valence-electron chi connectivity index (χ2n) is 3.07. The van der Waals surface area contributed by atoms with Crippen LogP contribution < -0.4 is 0 Å². The highest BCUT2D eigenvalue weighted by molar-refractivity contribution is 6.34. The fourth-order valence-electron chi connectivity index (χ4n) is 1.38. The van der Waals surface area contributed by atoms with Gasteiger partial charge in [-0.05, 0) is 19.1 Å². The number of ether oxygens (including phenoxy) is 1. The van der Waals surface area contributed by atoms with E-state index in [2.05, 4.69) is 4.98 Å². The minimum atomic E-state index is -0.483. The average Bonchev–Trinajstić information content (AvgIpc) is 2.61. The minimum absolute atomic E-state index is 0.214. The average molecular weight is 259 g/mol. The first kappa shape index (κ1) is 11.2. The van der Waals surface area contributed by atoms with Gasteiger partial charge in [0.25, 0.3) is 0 Å². The molecule has 2 aromatic rings. The summed E-state index contributed by atoms with van der Waals surface area (Å²) in [4.78, 5) is 15.5. The molecular formula is C10H8Cl2N2O2. The van der Waals surface area contributed by atoms with E-state index in [1.165, 1.54) is 6.33 Å². The third-order valence-corrected chi connectivity index (χ3v) is 2.54. The molecule has 2 aromatic heterocycles. The highest BCUT2D eigenvalue weighted by Crippen LogP contribution is 2.22. The topological polar surface area (TPSA) is 43.6 Å². The highest BCUT2D eigenvalue weighted by atomic mass is 35.5. The Labute approximate surface area is 102 Å². The number of pyridine rings is 1. The molecule has 0 aliphatic carbocycles. The SMILES string of the molecule is CCOC(=O)c1ncn2c(Cl)cc(Cl)cc12. The molecule has 0 fully saturated rings. The maximum atomic E-state index is 11.6. The van der Waals surface area contributed by atoms with Crippen molar-refractivity contribution >= 4 is 34.7 Å². The van der Waals surface area contributed by atoms with Crippen LogP contribution in [0.5, 0.6) is 0 Å². The van der Waals surface area contributed by atoms with E-state index < -0.39 is 5.97 Å². The van der Waals surface area contributed by atoms with Crippen LogP contribution in [0.1, 0.15) is 17.4 Å². The smallest absolute Gasteiger partial charge is 0.359 e. The normalized spacial score (nSPS) is 10.7. The van der Waals surface area contributed by atoms with Gasteiger partial charge in [0.2, 0.25) is 0 Å². The summed E-state index contributed by atoms with van der Waals surface area (Å²) in [6.45, 7) is 2.03. The van der Waals surface area contributed by atoms with Crippen LogP contribution in [-0.2, 0) is 4.74 Å². The first-order valence-electron chi connectivity index (χ1n) is 4.62. The molecule has 16 heavy (non-hydrogen) atoms. The van der Waals surface area contributed by atoms with Crippen LogP contribution in [0.4, 0.5) is 0 Å². The summed E-state index contributed by atoms with van der Waals surface area (Å²) in [6, 6.07) is 3.19. The van der Waals surface area contributed by atoms with E-state index in [1.54, 1.807) is 23.5 Å². The number of halogens is 2. The van der Waals surface area contributed by atoms with Crippen molar-refractivity contribution in [1.82, 2.24) is 9.38 Å². The number of carbonyl (C=O) groups is 1. The quantitative estimate of drug-likeness (QED) is 0.615. The summed E-state index contributed by atoms with van der Waals surface area (Å²) in [5.74, 6) is -0.483. The van der Waals surface area contributed by atoms with E-state index in [-0.39, 0.29) is 5.69 Å². The summed E-state index contributed by atoms with van der Waals surface area (Å²) < 4.78 is 6.44. The number of carbonyl (C=O) groups excluding carboxylic acids is 1. The van der Waals surface area contributed by atoms with Crippen molar-refractivity contribution < 1.29 is 9.53 Å². The number of esters is 1. The molecule has 2 rings (SSSR count). The van der Waals surface area contributed by atoms with Crippen molar-refractivity contribution in [2.24, 2.45) is 0 Å². The van der Waals surface area contributed by atoms with Crippen LogP contribution in [0.2, 0.25) is 10.2 Å². The third kappa shape index (κ3) is 1.86. The van der Waals surface area contributed by atoms with Gasteiger partial charge < -0.3 is 4.74 Å². The molecule has 0 spiro atoms. The molecule has 0 radical (unpaired) electrons. The fourth-order valence-corrected chi connectivity index (χ4v) is 1.89. The van der Waals surface area contributed by atoms with Gasteiger partial charge >= 0.3 is 5.97 Å². The second kappa shape index (κ2) is 4.31. The van der Waals surface area contributed by atoms with Crippen LogP contribution in [0, 0.1) is 0 Å². The lowest BCUT2D eigenvalue weighted by Crippen LogP contribution is -2.05. The van der Waals surface area contributed by atoms with Gasteiger partial charge in [0.15, 0.2) is 5.69 Å². The highest BCUT2D eigenvalue weighted by Gasteiger charge is 2.15. The molecular weight excluding hydrogens is 251 g/mol. The molecule has 84 valence electrons. The lowest BCUT2D eigenvalue weighted by Gasteiger charge is -2.01. The van der Waals surface area contributed by atoms with Crippen LogP contribution >= 0.6 is 23.2 Å². The first-order chi connectivity index (χ1) is 7.63. The minimum Gasteiger partial charge on any atom is -0.461 e. The van der Waals surface area contributed by atoms with Crippen molar-refractivity contribution in [3.8, 4) is 0 Å². The van der Waals surface area contributed by atoms with Gasteiger partial charge in [0.1, 0.15) is 11.5 Å². The van der Waals surface area contributed by atoms with Crippen LogP contribution in [0.25, 0.3) is 5.52 Å². The zero-order valence-electron chi connectivity index (χ0n) is 8.41. The van der Waals surface area contributed by atoms with Crippen molar-refractivity contribution in [1.29, 1.82) is 0 Å². The number of fused-ring (bicyclic) bond motifs is 1. The molecule has 4 nitrogen and oxygen atoms in total. The van der Waals surface area contributed by atoms with Gasteiger partial charge in [-0.2, -0.15) is 0 Å². The summed E-state index contributed by atoms with van der Waals surface area (Å²) in [6.07, 6.45) is 1.46. The largest absolute Gasteiger partial charge is 0.461 e. The summed E-state index contributed by atoms with van der Waals surface area (Å²) >= 11 is 11.8. The predicted molar refractivity (Wildman–Crippen MR) is 61.2 cm³/mol. The Bertz CT molecular complexity index is 551. The second-order valence-corrected chi connectivity index (χ2v) is 3.89. The molecule has 0 amide bonds. The molecule has 0 N–H and O–H groups in total. The number of imidazole rings is 1. The predicted octanol–water partition coefficient (Wildman–Crippen LogP) is 2.82. The van der Waals surface area contributed by atoms with Crippen LogP contribution in [0.3, 0.4) is 0 Å². The number of aromatic nitrogens is 2. The Morgan fingerprint density at radius 1 is 1.50 bits per heavy atom. The van der Waals surface area contributed by atoms with Gasteiger partial charge in [-0.25, -0.2) is 9.78 Å². The number of nitrogens with zero attached hydrogens (tertiary/aromatic N) is 2. The van der Waals surface area contributed by atoms with Gasteiger partial charge in [-0.3, -0.25) is 4.40 Å². The standard InChI is InChI=1S/C10H8Cl2N2O2/c1-2-16-10(15)9-7-3-6(11)4-8(12)14(7)5-13-9/h3-5H,2H2,1H3. The molecule has 0 aliphatic rings. The van der Waals surface area contributed by atoms with E-state index in [4.69, 9.17) is 27.9 Å². The summed E-state index contributed by atoms with van der Waals surface area (Å²) in [5.41, 5.74) is 0.752. The Kier molecular flexibility index (Phi) is 3.03. The van der Waals surface area contributed by atoms with Gasteiger partial charge in [-0.1, -0.05) is 23.2 Å². The molecule has 0 aromatic carbocycles. The maximum Gasteiger partial charge on any atom is 0.359 e. The molecule has 0 atom stereocenters. The van der Waals surface area contributed by atoms with Crippen molar-refractivity contribution in [3.63, 3.8) is 0 Å². The molecule has 6 heteroatoms. The van der Waals surface area contributed by atoms with Crippen LogP contribution in [-0.4, -0.2) is 22.0 Å². The summed E-state index contributed by atoms with van der Waals surface area (Å²) in [5, 5.41) is 0.842. The van der Waals surface area contributed by atoms with Gasteiger partial charge in [0, 0.05) is 5.02 Å². The number of hydrogen-bond acceptors (Lipinski definition) is 3. The van der Waals surface area contributed by atoms with Crippen molar-refractivity contribution in [2.75, 3.05) is 6.61 Å². The van der Waals surface area contributed by atoms with E-state index in [9.17, 15) is 4.79 Å². The van der Waals surface area contributed by atoms with Crippen molar-refractivity contribution in [2.45, 2.75) is 6.92 Å². The van der Waals surface area contributed by atoms with E-state index >= 15 is 0 Å². The lowest BCUT2D eigenvalue weighted by atomic mass is 10.3. The maximum absolute atomic E-state index is 11.6. The molecule has 0 bridgehead atoms. The summed E-state index contributed by atoms with van der Waals surface area (Å²) in [7, 11) is 0. The zero-order chi connectivity index (χ0) is 11.7. The number of rotatable bonds is 2. The van der Waals surface area contributed by atoms with Gasteiger partial charge in [-0.15, -0.1) is 0 Å². The molecule has 0 unspecified atom stereocenters. The lowest BCUT2D eigenvalue weighted by molar-refractivity contribution is 0.0522. The number of hydrogen-bond donors (Lipinski definition) is 0. The molecule has 0 saturated heterocycles. The monoisotopic (exact) mass is 258 g/mol. The molecule has 0 aliphatic heterocycles. The van der Waals surface area contributed by atoms with Crippen molar-refractivity contribution in [3.05, 3.63) is 34.3 Å². The van der Waals surface area contributed by atoms with E-state index in [0.717, 1.165) is 0 Å². The van der Waals surface area contributed by atoms with E-state index in [0.29, 0.717) is 22.3 Å². The molecule has 0 saturated carbocycles. The Morgan fingerprint density at radius 3 is 2.94 bits per heavy atom. The van der Waals surface area contributed by atoms with E-state index in [1.807, 2.05) is 0 Å². The zero-order valence-corrected chi connectivity index (χ0v) is 9.92. The first-order valence-corrected chi connectivity index (χ1v) is 5.38. The fraction of sp³-hybridized carbons (Fsp3) is 0.200. The Hall–Kier alpha value is -1.26. The third-order valence-electron chi connectivity index (χ3n) is 2.03. The van der Waals surface area contributed by atoms with Crippen LogP contribution in [0.15, 0.2) is 18.5 Å². The molecule has 2 heterocycles. The van der Waals surface area contributed by atoms with Gasteiger partial charge in [0.05, 0.1) is 12.1 Å². The Balaban J connectivity index is 2.60. The Morgan fingerprint density at radius 2 is 2.25 bits per heavy atom.